The Morgan fingerprint density at radius 1 is 1.29 bits per heavy atom. The van der Waals surface area contributed by atoms with Crippen LogP contribution in [-0.4, -0.2) is 12.3 Å². The van der Waals surface area contributed by atoms with Gasteiger partial charge in [0.15, 0.2) is 5.78 Å². The molecule has 21 heavy (non-hydrogen) atoms. The molecule has 0 saturated carbocycles. The lowest BCUT2D eigenvalue weighted by Gasteiger charge is -2.19. The van der Waals surface area contributed by atoms with E-state index in [0.29, 0.717) is 5.56 Å². The van der Waals surface area contributed by atoms with Gasteiger partial charge in [-0.3, -0.25) is 4.79 Å². The lowest BCUT2D eigenvalue weighted by atomic mass is 9.91. The first-order valence-electron chi connectivity index (χ1n) is 6.94. The Morgan fingerprint density at radius 3 is 2.95 bits per heavy atom. The molecule has 0 unspecified atom stereocenters. The molecule has 2 aromatic rings. The number of hydrogen-bond donors (Lipinski definition) is 1. The fourth-order valence-electron chi connectivity index (χ4n) is 2.72. The summed E-state index contributed by atoms with van der Waals surface area (Å²) in [4.78, 5) is 12.5. The standard InChI is InChI=1S/C17H15ClFNO/c18-15-5-4-11(8-16(15)19)9-17(21)14-3-1-2-12-10-20-7-6-13(12)14/h1-5,8,20H,6-7,9-10H2. The first-order valence-corrected chi connectivity index (χ1v) is 7.31. The zero-order valence-corrected chi connectivity index (χ0v) is 12.2. The SMILES string of the molecule is O=C(Cc1ccc(Cl)c(F)c1)c1cccc2c1CCNC2. The van der Waals surface area contributed by atoms with Gasteiger partial charge >= 0.3 is 0 Å². The molecule has 0 fully saturated rings. The van der Waals surface area contributed by atoms with E-state index in [4.69, 9.17) is 11.6 Å². The molecular weight excluding hydrogens is 289 g/mol. The lowest BCUT2D eigenvalue weighted by Crippen LogP contribution is -2.25. The van der Waals surface area contributed by atoms with Gasteiger partial charge in [0, 0.05) is 18.5 Å². The molecule has 1 heterocycles. The molecule has 0 aromatic heterocycles. The van der Waals surface area contributed by atoms with Crippen LogP contribution in [0.5, 0.6) is 0 Å². The van der Waals surface area contributed by atoms with Crippen LogP contribution < -0.4 is 5.32 Å². The summed E-state index contributed by atoms with van der Waals surface area (Å²) in [6, 6.07) is 10.3. The van der Waals surface area contributed by atoms with Gasteiger partial charge in [0.05, 0.1) is 5.02 Å². The summed E-state index contributed by atoms with van der Waals surface area (Å²) >= 11 is 5.66. The van der Waals surface area contributed by atoms with E-state index in [-0.39, 0.29) is 17.2 Å². The van der Waals surface area contributed by atoms with Crippen molar-refractivity contribution in [1.29, 1.82) is 0 Å². The number of rotatable bonds is 3. The second-order valence-electron chi connectivity index (χ2n) is 5.22. The van der Waals surface area contributed by atoms with Crippen molar-refractivity contribution in [1.82, 2.24) is 5.32 Å². The summed E-state index contributed by atoms with van der Waals surface area (Å²) in [6.07, 6.45) is 1.05. The molecule has 2 nitrogen and oxygen atoms in total. The van der Waals surface area contributed by atoms with Gasteiger partial charge in [0.1, 0.15) is 5.82 Å². The van der Waals surface area contributed by atoms with E-state index in [0.717, 1.165) is 30.6 Å². The Morgan fingerprint density at radius 2 is 2.14 bits per heavy atom. The van der Waals surface area contributed by atoms with Crippen molar-refractivity contribution in [2.24, 2.45) is 0 Å². The minimum absolute atomic E-state index is 0.0236. The van der Waals surface area contributed by atoms with Crippen LogP contribution in [-0.2, 0) is 19.4 Å². The average molecular weight is 304 g/mol. The molecule has 2 aromatic carbocycles. The van der Waals surface area contributed by atoms with Crippen LogP contribution >= 0.6 is 11.6 Å². The highest BCUT2D eigenvalue weighted by Crippen LogP contribution is 2.21. The Bertz CT molecular complexity index is 699. The topological polar surface area (TPSA) is 29.1 Å². The number of nitrogens with one attached hydrogen (secondary N) is 1. The van der Waals surface area contributed by atoms with E-state index in [1.165, 1.54) is 17.7 Å². The van der Waals surface area contributed by atoms with Crippen LogP contribution in [0.2, 0.25) is 5.02 Å². The van der Waals surface area contributed by atoms with Crippen molar-refractivity contribution in [3.8, 4) is 0 Å². The summed E-state index contributed by atoms with van der Waals surface area (Å²) in [6.45, 7) is 1.68. The normalized spacial score (nSPS) is 13.8. The van der Waals surface area contributed by atoms with Gasteiger partial charge in [-0.15, -0.1) is 0 Å². The molecule has 0 bridgehead atoms. The average Bonchev–Trinajstić information content (AvgIpc) is 2.50. The molecule has 4 heteroatoms. The molecule has 1 N–H and O–H groups in total. The number of hydrogen-bond acceptors (Lipinski definition) is 2. The van der Waals surface area contributed by atoms with Crippen LogP contribution in [0.3, 0.4) is 0 Å². The Labute approximate surface area is 127 Å². The van der Waals surface area contributed by atoms with Crippen LogP contribution in [0, 0.1) is 5.82 Å². The smallest absolute Gasteiger partial charge is 0.167 e. The van der Waals surface area contributed by atoms with Crippen molar-refractivity contribution in [2.45, 2.75) is 19.4 Å². The maximum atomic E-state index is 13.5. The zero-order valence-electron chi connectivity index (χ0n) is 11.5. The molecule has 0 spiro atoms. The van der Waals surface area contributed by atoms with Crippen molar-refractivity contribution in [3.63, 3.8) is 0 Å². The van der Waals surface area contributed by atoms with Gasteiger partial charge in [0.2, 0.25) is 0 Å². The molecule has 0 amide bonds. The highest BCUT2D eigenvalue weighted by molar-refractivity contribution is 6.30. The molecule has 0 saturated heterocycles. The van der Waals surface area contributed by atoms with E-state index in [1.54, 1.807) is 6.07 Å². The molecule has 0 atom stereocenters. The Kier molecular flexibility index (Phi) is 4.04. The maximum absolute atomic E-state index is 13.5. The Hall–Kier alpha value is -1.71. The van der Waals surface area contributed by atoms with E-state index in [9.17, 15) is 9.18 Å². The summed E-state index contributed by atoms with van der Waals surface area (Å²) < 4.78 is 13.5. The number of benzene rings is 2. The van der Waals surface area contributed by atoms with Crippen molar-refractivity contribution < 1.29 is 9.18 Å². The Balaban J connectivity index is 1.87. The largest absolute Gasteiger partial charge is 0.312 e. The minimum atomic E-state index is -0.485. The van der Waals surface area contributed by atoms with E-state index in [1.807, 2.05) is 18.2 Å². The number of fused-ring (bicyclic) bond motifs is 1. The van der Waals surface area contributed by atoms with Crippen LogP contribution in [0.1, 0.15) is 27.0 Å². The zero-order chi connectivity index (χ0) is 14.8. The third kappa shape index (κ3) is 2.99. The van der Waals surface area contributed by atoms with Gasteiger partial charge < -0.3 is 5.32 Å². The lowest BCUT2D eigenvalue weighted by molar-refractivity contribution is 0.0992. The molecule has 3 rings (SSSR count). The van der Waals surface area contributed by atoms with Crippen molar-refractivity contribution >= 4 is 17.4 Å². The summed E-state index contributed by atoms with van der Waals surface area (Å²) in [5.74, 6) is -0.461. The van der Waals surface area contributed by atoms with Gasteiger partial charge in [-0.1, -0.05) is 35.9 Å². The second-order valence-corrected chi connectivity index (χ2v) is 5.63. The van der Waals surface area contributed by atoms with E-state index in [2.05, 4.69) is 5.32 Å². The summed E-state index contributed by atoms with van der Waals surface area (Å²) in [5.41, 5.74) is 3.70. The van der Waals surface area contributed by atoms with Gasteiger partial charge in [-0.2, -0.15) is 0 Å². The number of carbonyl (C=O) groups is 1. The minimum Gasteiger partial charge on any atom is -0.312 e. The molecule has 1 aliphatic heterocycles. The number of halogens is 2. The summed E-state index contributed by atoms with van der Waals surface area (Å²) in [5, 5.41) is 3.37. The highest BCUT2D eigenvalue weighted by atomic mass is 35.5. The number of ketones is 1. The van der Waals surface area contributed by atoms with E-state index >= 15 is 0 Å². The third-order valence-corrected chi connectivity index (χ3v) is 4.10. The first-order chi connectivity index (χ1) is 10.1. The summed E-state index contributed by atoms with van der Waals surface area (Å²) in [7, 11) is 0. The fraction of sp³-hybridized carbons (Fsp3) is 0.235. The van der Waals surface area contributed by atoms with Crippen LogP contribution in [0.4, 0.5) is 4.39 Å². The molecule has 0 radical (unpaired) electrons. The maximum Gasteiger partial charge on any atom is 0.167 e. The van der Waals surface area contributed by atoms with E-state index < -0.39 is 5.82 Å². The monoisotopic (exact) mass is 303 g/mol. The first kappa shape index (κ1) is 14.2. The van der Waals surface area contributed by atoms with Gasteiger partial charge in [-0.05, 0) is 41.8 Å². The number of Topliss-reactive ketones (excluding diaryl/α,β-unsaturated/α-hetero) is 1. The van der Waals surface area contributed by atoms with Crippen LogP contribution in [0.15, 0.2) is 36.4 Å². The number of carbonyl (C=O) groups excluding carboxylic acids is 1. The third-order valence-electron chi connectivity index (χ3n) is 3.79. The molecular formula is C17H15ClFNO. The van der Waals surface area contributed by atoms with Gasteiger partial charge in [0.25, 0.3) is 0 Å². The molecule has 108 valence electrons. The predicted octanol–water partition coefficient (Wildman–Crippen LogP) is 3.55. The highest BCUT2D eigenvalue weighted by Gasteiger charge is 2.17. The predicted molar refractivity (Wildman–Crippen MR) is 81.3 cm³/mol. The van der Waals surface area contributed by atoms with Crippen molar-refractivity contribution in [2.75, 3.05) is 6.54 Å². The molecule has 0 aliphatic carbocycles. The van der Waals surface area contributed by atoms with Crippen molar-refractivity contribution in [3.05, 3.63) is 69.5 Å². The fourth-order valence-corrected chi connectivity index (χ4v) is 2.84. The van der Waals surface area contributed by atoms with Gasteiger partial charge in [-0.25, -0.2) is 4.39 Å². The second kappa shape index (κ2) is 5.96. The van der Waals surface area contributed by atoms with Crippen LogP contribution in [0.25, 0.3) is 0 Å². The quantitative estimate of drug-likeness (QED) is 0.879. The molecule has 1 aliphatic rings.